The summed E-state index contributed by atoms with van der Waals surface area (Å²) in [6, 6.07) is 10.8. The van der Waals surface area contributed by atoms with Crippen molar-refractivity contribution in [3.63, 3.8) is 0 Å². The first kappa shape index (κ1) is 14.4. The number of fused-ring (bicyclic) bond motifs is 1. The van der Waals surface area contributed by atoms with Crippen molar-refractivity contribution in [2.75, 3.05) is 13.2 Å². The molecular formula is C16H12BrClO3. The van der Waals surface area contributed by atoms with E-state index in [4.69, 9.17) is 21.1 Å². The van der Waals surface area contributed by atoms with Gasteiger partial charge in [0, 0.05) is 21.5 Å². The molecule has 3 nitrogen and oxygen atoms in total. The second-order valence-corrected chi connectivity index (χ2v) is 5.99. The second kappa shape index (κ2) is 6.08. The van der Waals surface area contributed by atoms with Crippen LogP contribution in [0, 0.1) is 0 Å². The number of halogens is 2. The highest BCUT2D eigenvalue weighted by atomic mass is 79.9. The van der Waals surface area contributed by atoms with Gasteiger partial charge < -0.3 is 9.47 Å². The zero-order valence-electron chi connectivity index (χ0n) is 11.1. The summed E-state index contributed by atoms with van der Waals surface area (Å²) in [6.07, 6.45) is 0.315. The first-order valence-electron chi connectivity index (χ1n) is 6.50. The molecule has 0 spiro atoms. The van der Waals surface area contributed by atoms with Crippen molar-refractivity contribution >= 4 is 33.3 Å². The van der Waals surface area contributed by atoms with Crippen LogP contribution in [0.2, 0.25) is 5.02 Å². The van der Waals surface area contributed by atoms with Gasteiger partial charge in [0.1, 0.15) is 13.2 Å². The van der Waals surface area contributed by atoms with Crippen molar-refractivity contribution in [3.05, 3.63) is 57.0 Å². The number of ether oxygens (including phenoxy) is 2. The predicted octanol–water partition coefficient (Wildman–Crippen LogP) is 4.30. The monoisotopic (exact) mass is 366 g/mol. The normalized spacial score (nSPS) is 13.0. The molecule has 1 heterocycles. The van der Waals surface area contributed by atoms with Gasteiger partial charge in [0.15, 0.2) is 17.3 Å². The molecule has 0 fully saturated rings. The minimum absolute atomic E-state index is 0.0150. The summed E-state index contributed by atoms with van der Waals surface area (Å²) in [5, 5.41) is 0.659. The van der Waals surface area contributed by atoms with Gasteiger partial charge in [0.25, 0.3) is 0 Å². The van der Waals surface area contributed by atoms with E-state index in [-0.39, 0.29) is 5.78 Å². The molecule has 0 unspecified atom stereocenters. The average molecular weight is 368 g/mol. The molecule has 3 rings (SSSR count). The van der Waals surface area contributed by atoms with E-state index in [1.807, 2.05) is 12.1 Å². The van der Waals surface area contributed by atoms with Crippen molar-refractivity contribution in [2.45, 2.75) is 6.42 Å². The summed E-state index contributed by atoms with van der Waals surface area (Å²) in [6.45, 7) is 1.02. The molecule has 2 aromatic carbocycles. The first-order valence-corrected chi connectivity index (χ1v) is 7.67. The molecule has 0 aliphatic carbocycles. The quantitative estimate of drug-likeness (QED) is 0.759. The summed E-state index contributed by atoms with van der Waals surface area (Å²) in [7, 11) is 0. The number of ketones is 1. The van der Waals surface area contributed by atoms with E-state index in [9.17, 15) is 4.79 Å². The van der Waals surface area contributed by atoms with Crippen molar-refractivity contribution in [1.29, 1.82) is 0 Å². The lowest BCUT2D eigenvalue weighted by Gasteiger charge is -2.19. The largest absolute Gasteiger partial charge is 0.486 e. The number of hydrogen-bond acceptors (Lipinski definition) is 3. The molecule has 0 aromatic heterocycles. The van der Waals surface area contributed by atoms with Crippen LogP contribution in [0.25, 0.3) is 0 Å². The van der Waals surface area contributed by atoms with E-state index in [1.165, 1.54) is 0 Å². The second-order valence-electron chi connectivity index (χ2n) is 4.70. The molecule has 2 aromatic rings. The lowest BCUT2D eigenvalue weighted by Crippen LogP contribution is -2.16. The highest BCUT2D eigenvalue weighted by Gasteiger charge is 2.18. The van der Waals surface area contributed by atoms with E-state index in [0.29, 0.717) is 46.2 Å². The molecule has 0 radical (unpaired) electrons. The Morgan fingerprint density at radius 1 is 1.10 bits per heavy atom. The van der Waals surface area contributed by atoms with Crippen LogP contribution in [0.3, 0.4) is 0 Å². The Morgan fingerprint density at radius 3 is 2.38 bits per heavy atom. The van der Waals surface area contributed by atoms with Gasteiger partial charge in [-0.25, -0.2) is 0 Å². The topological polar surface area (TPSA) is 35.5 Å². The van der Waals surface area contributed by atoms with Crippen LogP contribution in [0.5, 0.6) is 11.5 Å². The summed E-state index contributed by atoms with van der Waals surface area (Å²) < 4.78 is 11.7. The van der Waals surface area contributed by atoms with E-state index in [0.717, 1.165) is 5.56 Å². The van der Waals surface area contributed by atoms with Crippen molar-refractivity contribution in [3.8, 4) is 11.5 Å². The molecule has 0 atom stereocenters. The SMILES string of the molecule is O=C(Cc1ccc(Cl)cc1)c1cc2c(cc1Br)OCCO2. The Labute approximate surface area is 136 Å². The molecule has 0 saturated carbocycles. The Balaban J connectivity index is 1.85. The summed E-state index contributed by atoms with van der Waals surface area (Å²) in [4.78, 5) is 12.4. The zero-order chi connectivity index (χ0) is 14.8. The molecule has 1 aliphatic heterocycles. The van der Waals surface area contributed by atoms with E-state index >= 15 is 0 Å². The van der Waals surface area contributed by atoms with Gasteiger partial charge in [-0.1, -0.05) is 23.7 Å². The molecule has 1 aliphatic rings. The fourth-order valence-electron chi connectivity index (χ4n) is 2.16. The maximum atomic E-state index is 12.4. The van der Waals surface area contributed by atoms with Gasteiger partial charge in [0.2, 0.25) is 0 Å². The van der Waals surface area contributed by atoms with Gasteiger partial charge >= 0.3 is 0 Å². The Kier molecular flexibility index (Phi) is 4.17. The van der Waals surface area contributed by atoms with Crippen LogP contribution in [0.1, 0.15) is 15.9 Å². The molecule has 0 N–H and O–H groups in total. The number of rotatable bonds is 3. The number of carbonyl (C=O) groups is 1. The molecule has 0 amide bonds. The highest BCUT2D eigenvalue weighted by molar-refractivity contribution is 9.10. The molecular weight excluding hydrogens is 356 g/mol. The number of benzene rings is 2. The maximum absolute atomic E-state index is 12.4. The van der Waals surface area contributed by atoms with Crippen molar-refractivity contribution in [1.82, 2.24) is 0 Å². The minimum atomic E-state index is 0.0150. The van der Waals surface area contributed by atoms with Crippen molar-refractivity contribution < 1.29 is 14.3 Å². The summed E-state index contributed by atoms with van der Waals surface area (Å²) in [5.41, 5.74) is 1.51. The molecule has 5 heteroatoms. The fraction of sp³-hybridized carbons (Fsp3) is 0.188. The highest BCUT2D eigenvalue weighted by Crippen LogP contribution is 2.36. The van der Waals surface area contributed by atoms with E-state index < -0.39 is 0 Å². The number of hydrogen-bond donors (Lipinski definition) is 0. The van der Waals surface area contributed by atoms with Gasteiger partial charge in [0.05, 0.1) is 0 Å². The fourth-order valence-corrected chi connectivity index (χ4v) is 2.83. The van der Waals surface area contributed by atoms with Crippen LogP contribution in [0.15, 0.2) is 40.9 Å². The van der Waals surface area contributed by atoms with Crippen LogP contribution in [-0.2, 0) is 6.42 Å². The van der Waals surface area contributed by atoms with Crippen molar-refractivity contribution in [2.24, 2.45) is 0 Å². The Hall–Kier alpha value is -1.52. The average Bonchev–Trinajstić information content (AvgIpc) is 2.49. The van der Waals surface area contributed by atoms with Gasteiger partial charge in [-0.15, -0.1) is 0 Å². The van der Waals surface area contributed by atoms with Crippen LogP contribution in [0.4, 0.5) is 0 Å². The number of Topliss-reactive ketones (excluding diaryl/α,β-unsaturated/α-hetero) is 1. The Morgan fingerprint density at radius 2 is 1.71 bits per heavy atom. The van der Waals surface area contributed by atoms with Crippen LogP contribution >= 0.6 is 27.5 Å². The summed E-state index contributed by atoms with van der Waals surface area (Å²) in [5.74, 6) is 1.29. The standard InChI is InChI=1S/C16H12BrClO3/c17-13-9-16-15(20-5-6-21-16)8-12(13)14(19)7-10-1-3-11(18)4-2-10/h1-4,8-9H,5-7H2. The first-order chi connectivity index (χ1) is 10.1. The smallest absolute Gasteiger partial charge is 0.168 e. The maximum Gasteiger partial charge on any atom is 0.168 e. The third-order valence-electron chi connectivity index (χ3n) is 3.21. The lowest BCUT2D eigenvalue weighted by atomic mass is 10.0. The molecule has 0 bridgehead atoms. The van der Waals surface area contributed by atoms with Gasteiger partial charge in [-0.2, -0.15) is 0 Å². The van der Waals surface area contributed by atoms with E-state index in [1.54, 1.807) is 24.3 Å². The third-order valence-corrected chi connectivity index (χ3v) is 4.12. The molecule has 0 saturated heterocycles. The third kappa shape index (κ3) is 3.22. The zero-order valence-corrected chi connectivity index (χ0v) is 13.4. The van der Waals surface area contributed by atoms with Gasteiger partial charge in [-0.3, -0.25) is 4.79 Å². The number of carbonyl (C=O) groups excluding carboxylic acids is 1. The lowest BCUT2D eigenvalue weighted by molar-refractivity contribution is 0.0991. The molecule has 21 heavy (non-hydrogen) atoms. The van der Waals surface area contributed by atoms with Gasteiger partial charge in [-0.05, 0) is 45.8 Å². The van der Waals surface area contributed by atoms with Crippen LogP contribution in [-0.4, -0.2) is 19.0 Å². The molecule has 108 valence electrons. The Bertz CT molecular complexity index is 683. The summed E-state index contributed by atoms with van der Waals surface area (Å²) >= 11 is 9.27. The van der Waals surface area contributed by atoms with Crippen LogP contribution < -0.4 is 9.47 Å². The minimum Gasteiger partial charge on any atom is -0.486 e. The van der Waals surface area contributed by atoms with E-state index in [2.05, 4.69) is 15.9 Å². The predicted molar refractivity (Wildman–Crippen MR) is 84.6 cm³/mol.